The molecule has 0 aromatic carbocycles. The molecule has 2 saturated carbocycles. The third kappa shape index (κ3) is 4.30. The molecule has 0 spiro atoms. The lowest BCUT2D eigenvalue weighted by molar-refractivity contribution is -0.179. The van der Waals surface area contributed by atoms with Crippen molar-refractivity contribution in [2.75, 3.05) is 13.4 Å². The standard InChI is InChI=1S/C11H18O3.C5H5NO5S/c1-7(12)14-11(2)9-5-4-8(6-9)10(11)13-3;1-12(9,10)11-6-4(7)2-3-5(6)8/h8-10H,4-6H2,1-3H3;2-3H,1H3. The summed E-state index contributed by atoms with van der Waals surface area (Å²) in [5.74, 6) is -0.700. The maximum Gasteiger partial charge on any atom is 0.303 e. The van der Waals surface area contributed by atoms with E-state index in [1.54, 1.807) is 7.11 Å². The van der Waals surface area contributed by atoms with E-state index >= 15 is 0 Å². The number of imide groups is 1. The number of hydrogen-bond donors (Lipinski definition) is 0. The number of fused-ring (bicyclic) bond motifs is 2. The zero-order valence-corrected chi connectivity index (χ0v) is 15.9. The Balaban J connectivity index is 0.000000190. The molecule has 3 aliphatic rings. The normalized spacial score (nSPS) is 32.6. The lowest BCUT2D eigenvalue weighted by atomic mass is 9.83. The maximum atomic E-state index is 11.1. The van der Waals surface area contributed by atoms with Crippen molar-refractivity contribution in [3.63, 3.8) is 0 Å². The van der Waals surface area contributed by atoms with Gasteiger partial charge < -0.3 is 9.47 Å². The molecule has 0 aromatic heterocycles. The second kappa shape index (κ2) is 7.45. The number of carbonyl (C=O) groups excluding carboxylic acids is 3. The van der Waals surface area contributed by atoms with E-state index in [-0.39, 0.29) is 22.7 Å². The van der Waals surface area contributed by atoms with Crippen molar-refractivity contribution in [3.05, 3.63) is 12.2 Å². The molecule has 4 atom stereocenters. The van der Waals surface area contributed by atoms with Gasteiger partial charge in [0.2, 0.25) is 0 Å². The van der Waals surface area contributed by atoms with E-state index in [0.717, 1.165) is 24.8 Å². The topological polar surface area (TPSA) is 116 Å². The number of esters is 1. The lowest BCUT2D eigenvalue weighted by Gasteiger charge is -2.39. The predicted molar refractivity (Wildman–Crippen MR) is 88.7 cm³/mol. The van der Waals surface area contributed by atoms with Gasteiger partial charge in [0.1, 0.15) is 5.60 Å². The van der Waals surface area contributed by atoms with Crippen molar-refractivity contribution >= 4 is 27.9 Å². The predicted octanol–water partition coefficient (Wildman–Crippen LogP) is 0.556. The number of ether oxygens (including phenoxy) is 2. The van der Waals surface area contributed by atoms with Gasteiger partial charge in [-0.15, -0.1) is 9.35 Å². The Bertz CT molecular complexity index is 713. The highest BCUT2D eigenvalue weighted by Gasteiger charge is 2.58. The Kier molecular flexibility index (Phi) is 5.89. The van der Waals surface area contributed by atoms with Crippen molar-refractivity contribution in [1.82, 2.24) is 5.06 Å². The molecule has 2 bridgehead atoms. The van der Waals surface area contributed by atoms with Gasteiger partial charge in [0.15, 0.2) is 0 Å². The fourth-order valence-corrected chi connectivity index (χ4v) is 4.40. The Labute approximate surface area is 152 Å². The van der Waals surface area contributed by atoms with Crippen LogP contribution >= 0.6 is 0 Å². The average Bonchev–Trinajstić information content (AvgIpc) is 3.16. The first-order chi connectivity index (χ1) is 12.0. The van der Waals surface area contributed by atoms with E-state index in [1.165, 1.54) is 19.8 Å². The average molecular weight is 389 g/mol. The second-order valence-corrected chi connectivity index (χ2v) is 8.34. The lowest BCUT2D eigenvalue weighted by Crippen LogP contribution is -2.48. The summed E-state index contributed by atoms with van der Waals surface area (Å²) in [4.78, 5) is 32.4. The van der Waals surface area contributed by atoms with Gasteiger partial charge >= 0.3 is 5.97 Å². The smallest absolute Gasteiger partial charge is 0.303 e. The van der Waals surface area contributed by atoms with Crippen LogP contribution in [0.25, 0.3) is 0 Å². The highest BCUT2D eigenvalue weighted by Crippen LogP contribution is 2.53. The Morgan fingerprint density at radius 1 is 1.23 bits per heavy atom. The number of amides is 2. The van der Waals surface area contributed by atoms with Gasteiger partial charge in [0.25, 0.3) is 21.9 Å². The number of nitrogens with zero attached hydrogens (tertiary/aromatic N) is 1. The number of methoxy groups -OCH3 is 1. The van der Waals surface area contributed by atoms with Crippen LogP contribution in [0.2, 0.25) is 0 Å². The molecule has 10 heteroatoms. The summed E-state index contributed by atoms with van der Waals surface area (Å²) >= 11 is 0. The van der Waals surface area contributed by atoms with Crippen LogP contribution in [0.15, 0.2) is 12.2 Å². The number of hydroxylamine groups is 2. The zero-order valence-electron chi connectivity index (χ0n) is 15.1. The molecule has 4 unspecified atom stereocenters. The highest BCUT2D eigenvalue weighted by atomic mass is 32.2. The minimum atomic E-state index is -3.83. The summed E-state index contributed by atoms with van der Waals surface area (Å²) in [6.07, 6.45) is 6.24. The minimum Gasteiger partial charge on any atom is -0.456 e. The minimum absolute atomic E-state index is 0.102. The Morgan fingerprint density at radius 2 is 1.81 bits per heavy atom. The van der Waals surface area contributed by atoms with Gasteiger partial charge in [-0.3, -0.25) is 14.4 Å². The first-order valence-corrected chi connectivity index (χ1v) is 9.97. The van der Waals surface area contributed by atoms with Gasteiger partial charge in [0, 0.05) is 32.1 Å². The molecule has 2 amide bonds. The number of hydrogen-bond acceptors (Lipinski definition) is 8. The van der Waals surface area contributed by atoms with E-state index < -0.39 is 21.9 Å². The van der Waals surface area contributed by atoms with Crippen molar-refractivity contribution in [1.29, 1.82) is 0 Å². The van der Waals surface area contributed by atoms with Gasteiger partial charge in [0.05, 0.1) is 12.4 Å². The second-order valence-electron chi connectivity index (χ2n) is 6.79. The van der Waals surface area contributed by atoms with Gasteiger partial charge in [-0.2, -0.15) is 8.42 Å². The summed E-state index contributed by atoms with van der Waals surface area (Å²) in [6, 6.07) is 0. The molecule has 3 rings (SSSR count). The molecule has 1 aliphatic heterocycles. The fraction of sp³-hybridized carbons (Fsp3) is 0.688. The SMILES string of the molecule is COC1C2CCC(C2)C1(C)OC(C)=O.CS(=O)(=O)ON1C(=O)C=CC1=O. The first kappa shape index (κ1) is 20.5. The van der Waals surface area contributed by atoms with E-state index in [1.807, 2.05) is 6.92 Å². The maximum absolute atomic E-state index is 11.1. The van der Waals surface area contributed by atoms with Crippen LogP contribution in [0, 0.1) is 11.8 Å². The van der Waals surface area contributed by atoms with Gasteiger partial charge in [-0.05, 0) is 32.1 Å². The first-order valence-electron chi connectivity index (χ1n) is 8.16. The summed E-state index contributed by atoms with van der Waals surface area (Å²) in [7, 11) is -2.11. The Hall–Kier alpha value is -1.78. The van der Waals surface area contributed by atoms with Crippen LogP contribution in [0.4, 0.5) is 0 Å². The third-order valence-corrected chi connectivity index (χ3v) is 5.29. The molecule has 26 heavy (non-hydrogen) atoms. The molecule has 1 heterocycles. The zero-order chi connectivity index (χ0) is 19.7. The quantitative estimate of drug-likeness (QED) is 0.506. The molecule has 0 saturated heterocycles. The van der Waals surface area contributed by atoms with E-state index in [4.69, 9.17) is 9.47 Å². The monoisotopic (exact) mass is 389 g/mol. The molecule has 2 fully saturated rings. The van der Waals surface area contributed by atoms with Crippen LogP contribution in [0.1, 0.15) is 33.1 Å². The molecule has 0 N–H and O–H groups in total. The van der Waals surface area contributed by atoms with Gasteiger partial charge in [-0.1, -0.05) is 0 Å². The summed E-state index contributed by atoms with van der Waals surface area (Å²) in [5.41, 5.74) is -0.372. The summed E-state index contributed by atoms with van der Waals surface area (Å²) in [5, 5.41) is 0.176. The number of carbonyl (C=O) groups is 3. The Morgan fingerprint density at radius 3 is 2.27 bits per heavy atom. The highest BCUT2D eigenvalue weighted by molar-refractivity contribution is 7.85. The molecule has 9 nitrogen and oxygen atoms in total. The van der Waals surface area contributed by atoms with Crippen LogP contribution < -0.4 is 0 Å². The van der Waals surface area contributed by atoms with E-state index in [0.29, 0.717) is 11.8 Å². The van der Waals surface area contributed by atoms with Crippen molar-refractivity contribution in [2.24, 2.45) is 11.8 Å². The molecule has 0 radical (unpaired) electrons. The summed E-state index contributed by atoms with van der Waals surface area (Å²) in [6.45, 7) is 3.50. The van der Waals surface area contributed by atoms with Crippen LogP contribution in [0.5, 0.6) is 0 Å². The van der Waals surface area contributed by atoms with Crippen molar-refractivity contribution in [3.8, 4) is 0 Å². The molecule has 146 valence electrons. The van der Waals surface area contributed by atoms with E-state index in [2.05, 4.69) is 4.28 Å². The van der Waals surface area contributed by atoms with Crippen LogP contribution in [-0.2, 0) is 38.3 Å². The van der Waals surface area contributed by atoms with Gasteiger partial charge in [-0.25, -0.2) is 0 Å². The molecule has 0 aromatic rings. The van der Waals surface area contributed by atoms with Crippen molar-refractivity contribution < 1.29 is 36.6 Å². The van der Waals surface area contributed by atoms with Crippen molar-refractivity contribution in [2.45, 2.75) is 44.8 Å². The summed E-state index contributed by atoms with van der Waals surface area (Å²) < 4.78 is 36.0. The van der Waals surface area contributed by atoms with Crippen LogP contribution in [0.3, 0.4) is 0 Å². The third-order valence-electron chi connectivity index (χ3n) is 4.87. The van der Waals surface area contributed by atoms with E-state index in [9.17, 15) is 22.8 Å². The van der Waals surface area contributed by atoms with Crippen LogP contribution in [-0.4, -0.2) is 56.3 Å². The number of rotatable bonds is 4. The molecule has 2 aliphatic carbocycles. The molecular formula is C16H23NO8S. The largest absolute Gasteiger partial charge is 0.456 e. The fourth-order valence-electron chi connectivity index (χ4n) is 3.99. The molecular weight excluding hydrogens is 366 g/mol.